The third-order valence-corrected chi connectivity index (χ3v) is 4.05. The van der Waals surface area contributed by atoms with Crippen LogP contribution in [0, 0.1) is 0 Å². The number of benzene rings is 1. The van der Waals surface area contributed by atoms with Gasteiger partial charge in [0.05, 0.1) is 11.1 Å². The van der Waals surface area contributed by atoms with Crippen LogP contribution < -0.4 is 5.32 Å². The third-order valence-electron chi connectivity index (χ3n) is 4.05. The second-order valence-corrected chi connectivity index (χ2v) is 5.95. The Labute approximate surface area is 155 Å². The van der Waals surface area contributed by atoms with Crippen LogP contribution in [-0.4, -0.2) is 48.7 Å². The predicted octanol–water partition coefficient (Wildman–Crippen LogP) is 3.72. The Balaban J connectivity index is 0.00000364. The zero-order valence-electron chi connectivity index (χ0n) is 13.7. The SMILES string of the molecule is Cl.OCC(F)(F)[C@H](c1cc(C(F)(F)F)cc(C(F)(F)F)c1)N1CCNCC1. The molecule has 0 saturated carbocycles. The summed E-state index contributed by atoms with van der Waals surface area (Å²) in [6, 6.07) is -1.66. The van der Waals surface area contributed by atoms with E-state index in [1.165, 1.54) is 0 Å². The van der Waals surface area contributed by atoms with Crippen molar-refractivity contribution in [3.05, 3.63) is 34.9 Å². The Hall–Kier alpha value is -1.17. The first-order valence-corrected chi connectivity index (χ1v) is 7.59. The molecule has 27 heavy (non-hydrogen) atoms. The molecule has 0 amide bonds. The Morgan fingerprint density at radius 1 is 0.889 bits per heavy atom. The third kappa shape index (κ3) is 5.66. The van der Waals surface area contributed by atoms with Gasteiger partial charge in [-0.2, -0.15) is 26.3 Å². The lowest BCUT2D eigenvalue weighted by molar-refractivity contribution is -0.144. The fourth-order valence-electron chi connectivity index (χ4n) is 2.89. The molecule has 12 heteroatoms. The molecule has 1 aliphatic heterocycles. The van der Waals surface area contributed by atoms with E-state index in [0.29, 0.717) is 0 Å². The van der Waals surface area contributed by atoms with Crippen molar-refractivity contribution in [2.24, 2.45) is 0 Å². The summed E-state index contributed by atoms with van der Waals surface area (Å²) in [6.07, 6.45) is -10.3. The smallest absolute Gasteiger partial charge is 0.390 e. The first kappa shape index (κ1) is 23.9. The van der Waals surface area contributed by atoms with Crippen LogP contribution in [0.5, 0.6) is 0 Å². The van der Waals surface area contributed by atoms with Crippen LogP contribution in [0.4, 0.5) is 35.1 Å². The topological polar surface area (TPSA) is 35.5 Å². The summed E-state index contributed by atoms with van der Waals surface area (Å²) in [4.78, 5) is 1.07. The van der Waals surface area contributed by atoms with Crippen LogP contribution in [0.15, 0.2) is 18.2 Å². The van der Waals surface area contributed by atoms with Crippen LogP contribution in [0.2, 0.25) is 0 Å². The Bertz CT molecular complexity index is 597. The van der Waals surface area contributed by atoms with E-state index in [1.807, 2.05) is 0 Å². The molecular formula is C15H17ClF8N2O. The van der Waals surface area contributed by atoms with Gasteiger partial charge >= 0.3 is 12.4 Å². The van der Waals surface area contributed by atoms with E-state index in [4.69, 9.17) is 5.11 Å². The van der Waals surface area contributed by atoms with E-state index in [1.54, 1.807) is 0 Å². The van der Waals surface area contributed by atoms with Crippen molar-refractivity contribution >= 4 is 12.4 Å². The normalized spacial score (nSPS) is 18.1. The number of rotatable bonds is 4. The summed E-state index contributed by atoms with van der Waals surface area (Å²) in [5, 5.41) is 11.8. The molecule has 0 aromatic heterocycles. The maximum Gasteiger partial charge on any atom is 0.416 e. The summed E-state index contributed by atoms with van der Waals surface area (Å²) in [5.74, 6) is -3.93. The van der Waals surface area contributed by atoms with Crippen molar-refractivity contribution in [3.8, 4) is 0 Å². The molecule has 1 heterocycles. The van der Waals surface area contributed by atoms with Crippen LogP contribution >= 0.6 is 12.4 Å². The lowest BCUT2D eigenvalue weighted by Crippen LogP contribution is -2.51. The summed E-state index contributed by atoms with van der Waals surface area (Å²) < 4.78 is 106. The first-order chi connectivity index (χ1) is 11.9. The van der Waals surface area contributed by atoms with Crippen molar-refractivity contribution < 1.29 is 40.2 Å². The Morgan fingerprint density at radius 3 is 1.70 bits per heavy atom. The van der Waals surface area contributed by atoms with E-state index in [-0.39, 0.29) is 56.8 Å². The van der Waals surface area contributed by atoms with Crippen molar-refractivity contribution in [1.29, 1.82) is 0 Å². The van der Waals surface area contributed by atoms with Crippen molar-refractivity contribution in [1.82, 2.24) is 10.2 Å². The molecule has 0 bridgehead atoms. The van der Waals surface area contributed by atoms with E-state index >= 15 is 0 Å². The number of alkyl halides is 8. The van der Waals surface area contributed by atoms with Crippen LogP contribution in [0.1, 0.15) is 22.7 Å². The largest absolute Gasteiger partial charge is 0.416 e. The molecule has 2 N–H and O–H groups in total. The minimum absolute atomic E-state index is 0. The summed E-state index contributed by atoms with van der Waals surface area (Å²) in [6.45, 7) is -1.26. The van der Waals surface area contributed by atoms with Crippen LogP contribution in [0.3, 0.4) is 0 Å². The minimum atomic E-state index is -5.14. The fourth-order valence-corrected chi connectivity index (χ4v) is 2.89. The zero-order valence-corrected chi connectivity index (χ0v) is 14.5. The van der Waals surface area contributed by atoms with E-state index < -0.39 is 47.6 Å². The minimum Gasteiger partial charge on any atom is -0.390 e. The van der Waals surface area contributed by atoms with Gasteiger partial charge in [0.15, 0.2) is 0 Å². The molecule has 2 rings (SSSR count). The Morgan fingerprint density at radius 2 is 1.33 bits per heavy atom. The molecular weight excluding hydrogens is 412 g/mol. The van der Waals surface area contributed by atoms with Crippen molar-refractivity contribution in [2.75, 3.05) is 32.8 Å². The average Bonchev–Trinajstić information content (AvgIpc) is 2.54. The fraction of sp³-hybridized carbons (Fsp3) is 0.600. The van der Waals surface area contributed by atoms with E-state index in [2.05, 4.69) is 5.32 Å². The van der Waals surface area contributed by atoms with Gasteiger partial charge in [-0.05, 0) is 23.8 Å². The molecule has 1 atom stereocenters. The lowest BCUT2D eigenvalue weighted by atomic mass is 9.94. The summed E-state index contributed by atoms with van der Waals surface area (Å²) >= 11 is 0. The molecule has 156 valence electrons. The average molecular weight is 429 g/mol. The highest BCUT2D eigenvalue weighted by Crippen LogP contribution is 2.42. The maximum absolute atomic E-state index is 14.3. The molecule has 0 spiro atoms. The second-order valence-electron chi connectivity index (χ2n) is 5.95. The standard InChI is InChI=1S/C15H16F8N2O.ClH/c16-13(17,8-26)12(25-3-1-24-2-4-25)9-5-10(14(18,19)20)7-11(6-9)15(21,22)23;/h5-7,12,24,26H,1-4,8H2;1H/t12-;/m0./s1. The summed E-state index contributed by atoms with van der Waals surface area (Å²) in [7, 11) is 0. The number of hydrogen-bond acceptors (Lipinski definition) is 3. The molecule has 3 nitrogen and oxygen atoms in total. The van der Waals surface area contributed by atoms with Gasteiger partial charge in [0.25, 0.3) is 5.92 Å². The predicted molar refractivity (Wildman–Crippen MR) is 82.9 cm³/mol. The van der Waals surface area contributed by atoms with Gasteiger partial charge in [0.1, 0.15) is 12.6 Å². The van der Waals surface area contributed by atoms with Crippen molar-refractivity contribution in [3.63, 3.8) is 0 Å². The molecule has 1 aromatic rings. The number of hydrogen-bond donors (Lipinski definition) is 2. The van der Waals surface area contributed by atoms with E-state index in [9.17, 15) is 35.1 Å². The number of nitrogens with one attached hydrogen (secondary N) is 1. The maximum atomic E-state index is 14.3. The van der Waals surface area contributed by atoms with Gasteiger partial charge in [-0.1, -0.05) is 0 Å². The van der Waals surface area contributed by atoms with Crippen LogP contribution in [-0.2, 0) is 12.4 Å². The molecule has 1 fully saturated rings. The quantitative estimate of drug-likeness (QED) is 0.718. The molecule has 0 radical (unpaired) electrons. The number of nitrogens with zero attached hydrogens (tertiary/aromatic N) is 1. The highest BCUT2D eigenvalue weighted by molar-refractivity contribution is 5.85. The molecule has 0 unspecified atom stereocenters. The molecule has 0 aliphatic carbocycles. The Kier molecular flexibility index (Phi) is 7.48. The van der Waals surface area contributed by atoms with Gasteiger partial charge in [-0.25, -0.2) is 8.78 Å². The number of aliphatic hydroxyl groups is 1. The number of aliphatic hydroxyl groups excluding tert-OH is 1. The van der Waals surface area contributed by atoms with Gasteiger partial charge in [0.2, 0.25) is 0 Å². The van der Waals surface area contributed by atoms with E-state index in [0.717, 1.165) is 4.90 Å². The molecule has 1 aliphatic rings. The monoisotopic (exact) mass is 428 g/mol. The van der Waals surface area contributed by atoms with Crippen molar-refractivity contribution in [2.45, 2.75) is 24.3 Å². The summed E-state index contributed by atoms with van der Waals surface area (Å²) in [5.41, 5.74) is -4.18. The van der Waals surface area contributed by atoms with Gasteiger partial charge in [-0.15, -0.1) is 12.4 Å². The molecule has 1 aromatic carbocycles. The number of piperazine rings is 1. The molecule has 1 saturated heterocycles. The highest BCUT2D eigenvalue weighted by Gasteiger charge is 2.46. The second kappa shape index (κ2) is 8.46. The van der Waals surface area contributed by atoms with Gasteiger partial charge in [-0.3, -0.25) is 4.90 Å². The zero-order chi connectivity index (χ0) is 19.8. The number of halogens is 9. The van der Waals surface area contributed by atoms with Gasteiger partial charge in [0, 0.05) is 26.2 Å². The van der Waals surface area contributed by atoms with Gasteiger partial charge < -0.3 is 10.4 Å². The highest BCUT2D eigenvalue weighted by atomic mass is 35.5. The first-order valence-electron chi connectivity index (χ1n) is 7.59. The lowest BCUT2D eigenvalue weighted by Gasteiger charge is -2.39. The van der Waals surface area contributed by atoms with Crippen LogP contribution in [0.25, 0.3) is 0 Å².